The predicted octanol–water partition coefficient (Wildman–Crippen LogP) is 4.75. The van der Waals surface area contributed by atoms with Gasteiger partial charge in [-0.2, -0.15) is 0 Å². The van der Waals surface area contributed by atoms with Crippen LogP contribution in [0.5, 0.6) is 0 Å². The molecule has 3 heterocycles. The number of nitrogens with zero attached hydrogens (tertiary/aromatic N) is 2. The van der Waals surface area contributed by atoms with Crippen LogP contribution in [0.15, 0.2) is 85.5 Å². The summed E-state index contributed by atoms with van der Waals surface area (Å²) in [5.74, 6) is -2.20. The van der Waals surface area contributed by atoms with E-state index in [0.717, 1.165) is 22.8 Å². The van der Waals surface area contributed by atoms with Crippen molar-refractivity contribution in [3.63, 3.8) is 0 Å². The minimum Gasteiger partial charge on any atom is -0.466 e. The summed E-state index contributed by atoms with van der Waals surface area (Å²) in [6.07, 6.45) is 3.04. The van der Waals surface area contributed by atoms with Gasteiger partial charge in [0.15, 0.2) is 0 Å². The van der Waals surface area contributed by atoms with Gasteiger partial charge >= 0.3 is 5.97 Å². The van der Waals surface area contributed by atoms with Crippen molar-refractivity contribution < 1.29 is 24.2 Å². The molecule has 7 nitrogen and oxygen atoms in total. The Bertz CT molecular complexity index is 1500. The van der Waals surface area contributed by atoms with Crippen LogP contribution in [0.4, 0.5) is 5.69 Å². The van der Waals surface area contributed by atoms with Crippen LogP contribution in [-0.4, -0.2) is 63.6 Å². The van der Waals surface area contributed by atoms with Crippen LogP contribution < -0.4 is 4.90 Å². The molecule has 0 aromatic heterocycles. The van der Waals surface area contributed by atoms with E-state index in [1.807, 2.05) is 72.8 Å². The van der Waals surface area contributed by atoms with Gasteiger partial charge in [0.05, 0.1) is 35.8 Å². The van der Waals surface area contributed by atoms with Gasteiger partial charge in [-0.25, -0.2) is 0 Å². The van der Waals surface area contributed by atoms with E-state index in [9.17, 15) is 19.5 Å². The zero-order chi connectivity index (χ0) is 28.7. The van der Waals surface area contributed by atoms with Crippen LogP contribution in [0.1, 0.15) is 31.4 Å². The molecule has 0 aliphatic carbocycles. The van der Waals surface area contributed by atoms with Gasteiger partial charge in [0.1, 0.15) is 6.04 Å². The fourth-order valence-corrected chi connectivity index (χ4v) is 9.37. The summed E-state index contributed by atoms with van der Waals surface area (Å²) in [5.41, 5.74) is 1.45. The third kappa shape index (κ3) is 4.35. The molecule has 212 valence electrons. The lowest BCUT2D eigenvalue weighted by Gasteiger charge is -2.39. The van der Waals surface area contributed by atoms with Crippen molar-refractivity contribution in [2.24, 2.45) is 11.8 Å². The molecule has 2 bridgehead atoms. The van der Waals surface area contributed by atoms with Gasteiger partial charge < -0.3 is 19.6 Å². The van der Waals surface area contributed by atoms with E-state index in [1.54, 1.807) is 34.6 Å². The molecular formula is C33H34N2O5S. The van der Waals surface area contributed by atoms with Crippen molar-refractivity contribution in [1.82, 2.24) is 4.90 Å². The van der Waals surface area contributed by atoms with E-state index in [0.29, 0.717) is 12.1 Å². The van der Waals surface area contributed by atoms with Gasteiger partial charge in [-0.05, 0) is 48.2 Å². The first kappa shape index (κ1) is 27.5. The molecule has 6 atom stereocenters. The topological polar surface area (TPSA) is 87.2 Å². The van der Waals surface area contributed by atoms with Crippen molar-refractivity contribution in [2.75, 3.05) is 24.7 Å². The molecule has 2 amide bonds. The molecule has 3 aromatic rings. The highest BCUT2D eigenvalue weighted by molar-refractivity contribution is 8.02. The molecule has 41 heavy (non-hydrogen) atoms. The molecule has 3 aliphatic rings. The Balaban J connectivity index is 1.48. The Hall–Kier alpha value is -3.62. The van der Waals surface area contributed by atoms with E-state index in [4.69, 9.17) is 4.74 Å². The molecule has 8 heteroatoms. The molecule has 2 unspecified atom stereocenters. The van der Waals surface area contributed by atoms with Crippen LogP contribution >= 0.6 is 11.8 Å². The Kier molecular flexibility index (Phi) is 7.38. The van der Waals surface area contributed by atoms with Crippen molar-refractivity contribution in [3.8, 4) is 0 Å². The largest absolute Gasteiger partial charge is 0.466 e. The van der Waals surface area contributed by atoms with Gasteiger partial charge in [-0.1, -0.05) is 66.7 Å². The Morgan fingerprint density at radius 1 is 1.15 bits per heavy atom. The molecule has 6 rings (SSSR count). The van der Waals surface area contributed by atoms with E-state index in [-0.39, 0.29) is 42.8 Å². The Morgan fingerprint density at radius 3 is 2.59 bits per heavy atom. The lowest BCUT2D eigenvalue weighted by atomic mass is 9.71. The number of fused-ring (bicyclic) bond motifs is 2. The number of anilines is 1. The zero-order valence-corrected chi connectivity index (χ0v) is 23.8. The molecular weight excluding hydrogens is 536 g/mol. The molecule has 3 fully saturated rings. The number of esters is 1. The highest BCUT2D eigenvalue weighted by atomic mass is 32.2. The lowest BCUT2D eigenvalue weighted by molar-refractivity contribution is -0.154. The van der Waals surface area contributed by atoms with Crippen molar-refractivity contribution in [1.29, 1.82) is 0 Å². The second-order valence-corrected chi connectivity index (χ2v) is 12.5. The van der Waals surface area contributed by atoms with Crippen LogP contribution in [0.3, 0.4) is 0 Å². The maximum Gasteiger partial charge on any atom is 0.310 e. The van der Waals surface area contributed by atoms with Crippen LogP contribution in [-0.2, 0) is 19.1 Å². The zero-order valence-electron chi connectivity index (χ0n) is 23.0. The van der Waals surface area contributed by atoms with E-state index in [1.165, 1.54) is 0 Å². The fraction of sp³-hybridized carbons (Fsp3) is 0.364. The molecule has 3 aromatic carbocycles. The van der Waals surface area contributed by atoms with Gasteiger partial charge in [0.2, 0.25) is 5.91 Å². The summed E-state index contributed by atoms with van der Waals surface area (Å²) in [4.78, 5) is 45.9. The number of hydrogen-bond acceptors (Lipinski definition) is 6. The third-order valence-electron chi connectivity index (χ3n) is 8.85. The molecule has 3 aliphatic heterocycles. The van der Waals surface area contributed by atoms with E-state index in [2.05, 4.69) is 6.58 Å². The number of thioether (sulfide) groups is 1. The first-order chi connectivity index (χ1) is 19.9. The Morgan fingerprint density at radius 2 is 1.88 bits per heavy atom. The highest BCUT2D eigenvalue weighted by Crippen LogP contribution is 2.67. The number of carbonyl (C=O) groups excluding carboxylic acids is 3. The average molecular weight is 571 g/mol. The molecule has 3 saturated heterocycles. The summed E-state index contributed by atoms with van der Waals surface area (Å²) in [6.45, 7) is 5.81. The van der Waals surface area contributed by atoms with E-state index >= 15 is 0 Å². The molecule has 1 N–H and O–H groups in total. The average Bonchev–Trinajstić information content (AvgIpc) is 3.64. The number of ether oxygens (including phenoxy) is 1. The smallest absolute Gasteiger partial charge is 0.310 e. The number of likely N-dealkylation sites (tertiary alicyclic amines) is 1. The van der Waals surface area contributed by atoms with Crippen molar-refractivity contribution in [3.05, 3.63) is 91.0 Å². The second-order valence-electron chi connectivity index (χ2n) is 10.9. The Labute approximate surface area is 244 Å². The monoisotopic (exact) mass is 570 g/mol. The van der Waals surface area contributed by atoms with Crippen LogP contribution in [0, 0.1) is 11.8 Å². The number of carbonyl (C=O) groups is 3. The molecule has 0 saturated carbocycles. The van der Waals surface area contributed by atoms with Crippen molar-refractivity contribution >= 4 is 46.0 Å². The number of aliphatic hydroxyl groups is 1. The van der Waals surface area contributed by atoms with Gasteiger partial charge in [-0.15, -0.1) is 18.3 Å². The first-order valence-electron chi connectivity index (χ1n) is 14.2. The SMILES string of the molecule is C=CCN(C(=O)C1N([C@H](CO)c2ccccc2)C(=O)[C@@H]2[C@@H](C(=O)OCC)[C@H]3CCC12S3)c1ccc2ccccc2c1. The predicted molar refractivity (Wildman–Crippen MR) is 160 cm³/mol. The number of hydrogen-bond donors (Lipinski definition) is 1. The van der Waals surface area contributed by atoms with Crippen LogP contribution in [0.25, 0.3) is 10.8 Å². The molecule has 0 radical (unpaired) electrons. The fourth-order valence-electron chi connectivity index (χ4n) is 7.19. The summed E-state index contributed by atoms with van der Waals surface area (Å²) in [5, 5.41) is 12.7. The summed E-state index contributed by atoms with van der Waals surface area (Å²) in [7, 11) is 0. The lowest BCUT2D eigenvalue weighted by Crippen LogP contribution is -2.56. The minimum absolute atomic E-state index is 0.0849. The third-order valence-corrected chi connectivity index (χ3v) is 10.8. The number of amides is 2. The van der Waals surface area contributed by atoms with Gasteiger partial charge in [0.25, 0.3) is 5.91 Å². The first-order valence-corrected chi connectivity index (χ1v) is 15.1. The summed E-state index contributed by atoms with van der Waals surface area (Å²) >= 11 is 1.59. The maximum atomic E-state index is 14.9. The molecule has 1 spiro atoms. The maximum absolute atomic E-state index is 14.9. The number of rotatable bonds is 9. The highest BCUT2D eigenvalue weighted by Gasteiger charge is 2.75. The van der Waals surface area contributed by atoms with Crippen LogP contribution in [0.2, 0.25) is 0 Å². The number of benzene rings is 3. The second kappa shape index (κ2) is 11.0. The number of aliphatic hydroxyl groups excluding tert-OH is 1. The standard InChI is InChI=1S/C33H34N2O5S/c1-3-18-34(24-15-14-21-10-8-9-13-23(21)19-24)31(38)29-33-17-16-26(41-33)27(32(39)40-4-2)28(33)30(37)35(29)25(20-36)22-11-6-5-7-12-22/h3,5-15,19,25-29,36H,1,4,16-18,20H2,2H3/t25-,26-,27+,28+,29?,33?/m1/s1. The van der Waals surface area contributed by atoms with E-state index < -0.39 is 28.7 Å². The summed E-state index contributed by atoms with van der Waals surface area (Å²) < 4.78 is 4.65. The normalized spacial score (nSPS) is 27.1. The van der Waals surface area contributed by atoms with Gasteiger partial charge in [-0.3, -0.25) is 14.4 Å². The minimum atomic E-state index is -0.877. The van der Waals surface area contributed by atoms with Gasteiger partial charge in [0, 0.05) is 17.5 Å². The van der Waals surface area contributed by atoms with Crippen molar-refractivity contribution in [2.45, 2.75) is 41.8 Å². The summed E-state index contributed by atoms with van der Waals surface area (Å²) in [6, 6.07) is 21.5. The quantitative estimate of drug-likeness (QED) is 0.295.